The summed E-state index contributed by atoms with van der Waals surface area (Å²) in [5, 5.41) is 8.39. The zero-order chi connectivity index (χ0) is 8.91. The van der Waals surface area contributed by atoms with E-state index >= 15 is 0 Å². The first kappa shape index (κ1) is 10.9. The van der Waals surface area contributed by atoms with Crippen molar-refractivity contribution in [3.63, 3.8) is 0 Å². The molecule has 68 valence electrons. The van der Waals surface area contributed by atoms with Gasteiger partial charge in [0.05, 0.1) is 18.1 Å². The molecule has 0 aliphatic carbocycles. The second-order valence-electron chi connectivity index (χ2n) is 3.06. The molecular formula is C7H16O3S. The first-order chi connectivity index (χ1) is 4.98. The molecule has 3 nitrogen and oxygen atoms in total. The van der Waals surface area contributed by atoms with Crippen LogP contribution in [0.3, 0.4) is 0 Å². The number of sulfone groups is 1. The van der Waals surface area contributed by atoms with Gasteiger partial charge in [-0.15, -0.1) is 0 Å². The zero-order valence-corrected chi connectivity index (χ0v) is 7.89. The van der Waals surface area contributed by atoms with Gasteiger partial charge in [0.1, 0.15) is 0 Å². The number of rotatable bonds is 5. The Morgan fingerprint density at radius 3 is 2.18 bits per heavy atom. The monoisotopic (exact) mass is 180 g/mol. The van der Waals surface area contributed by atoms with Crippen molar-refractivity contribution in [2.75, 3.05) is 18.1 Å². The van der Waals surface area contributed by atoms with Crippen LogP contribution < -0.4 is 0 Å². The first-order valence-electron chi connectivity index (χ1n) is 3.79. The van der Waals surface area contributed by atoms with E-state index in [0.717, 1.165) is 0 Å². The van der Waals surface area contributed by atoms with E-state index in [0.29, 0.717) is 12.3 Å². The van der Waals surface area contributed by atoms with Crippen molar-refractivity contribution in [3.8, 4) is 0 Å². The van der Waals surface area contributed by atoms with E-state index in [-0.39, 0.29) is 18.1 Å². The topological polar surface area (TPSA) is 54.4 Å². The molecule has 0 radical (unpaired) electrons. The molecule has 0 heterocycles. The van der Waals surface area contributed by atoms with Crippen LogP contribution in [0.2, 0.25) is 0 Å². The van der Waals surface area contributed by atoms with Gasteiger partial charge in [0.15, 0.2) is 9.84 Å². The Labute approximate surface area is 68.3 Å². The van der Waals surface area contributed by atoms with Gasteiger partial charge < -0.3 is 5.11 Å². The molecule has 0 unspecified atom stereocenters. The minimum absolute atomic E-state index is 0.0975. The number of aliphatic hydroxyl groups excluding tert-OH is 1. The van der Waals surface area contributed by atoms with Crippen LogP contribution in [-0.2, 0) is 9.84 Å². The van der Waals surface area contributed by atoms with Gasteiger partial charge in [-0.2, -0.15) is 0 Å². The van der Waals surface area contributed by atoms with Crippen molar-refractivity contribution < 1.29 is 13.5 Å². The molecule has 0 rings (SSSR count). The predicted molar refractivity (Wildman–Crippen MR) is 45.2 cm³/mol. The third kappa shape index (κ3) is 6.31. The SMILES string of the molecule is CC(C)CCS(=O)(=O)CCO. The van der Waals surface area contributed by atoms with Crippen LogP contribution in [0.15, 0.2) is 0 Å². The van der Waals surface area contributed by atoms with Crippen molar-refractivity contribution in [2.24, 2.45) is 5.92 Å². The summed E-state index contributed by atoms with van der Waals surface area (Å²) in [4.78, 5) is 0. The van der Waals surface area contributed by atoms with Crippen molar-refractivity contribution in [1.82, 2.24) is 0 Å². The predicted octanol–water partition coefficient (Wildman–Crippen LogP) is 0.440. The first-order valence-corrected chi connectivity index (χ1v) is 5.61. The summed E-state index contributed by atoms with van der Waals surface area (Å²) in [6.45, 7) is 3.70. The molecular weight excluding hydrogens is 164 g/mol. The van der Waals surface area contributed by atoms with Crippen LogP contribution in [0.1, 0.15) is 20.3 Å². The normalized spacial score (nSPS) is 12.4. The minimum atomic E-state index is -2.98. The molecule has 11 heavy (non-hydrogen) atoms. The van der Waals surface area contributed by atoms with Crippen LogP contribution >= 0.6 is 0 Å². The summed E-state index contributed by atoms with van der Waals surface area (Å²) < 4.78 is 22.0. The fourth-order valence-corrected chi connectivity index (χ4v) is 1.97. The van der Waals surface area contributed by atoms with E-state index in [1.54, 1.807) is 0 Å². The van der Waals surface area contributed by atoms with Crippen LogP contribution in [0.25, 0.3) is 0 Å². The lowest BCUT2D eigenvalue weighted by Gasteiger charge is -2.04. The standard InChI is InChI=1S/C7H16O3S/c1-7(2)3-5-11(9,10)6-4-8/h7-8H,3-6H2,1-2H3. The van der Waals surface area contributed by atoms with E-state index in [2.05, 4.69) is 0 Å². The maximum absolute atomic E-state index is 11.0. The molecule has 0 atom stereocenters. The van der Waals surface area contributed by atoms with Crippen molar-refractivity contribution in [1.29, 1.82) is 0 Å². The Hall–Kier alpha value is -0.0900. The smallest absolute Gasteiger partial charge is 0.152 e. The maximum Gasteiger partial charge on any atom is 0.152 e. The second-order valence-corrected chi connectivity index (χ2v) is 5.36. The molecule has 0 saturated carbocycles. The largest absolute Gasteiger partial charge is 0.395 e. The van der Waals surface area contributed by atoms with Gasteiger partial charge in [-0.25, -0.2) is 8.42 Å². The molecule has 4 heteroatoms. The highest BCUT2D eigenvalue weighted by Crippen LogP contribution is 2.02. The van der Waals surface area contributed by atoms with Crippen LogP contribution in [-0.4, -0.2) is 31.6 Å². The van der Waals surface area contributed by atoms with Gasteiger partial charge in [-0.3, -0.25) is 0 Å². The van der Waals surface area contributed by atoms with E-state index in [4.69, 9.17) is 5.11 Å². The summed E-state index contributed by atoms with van der Waals surface area (Å²) >= 11 is 0. The Morgan fingerprint density at radius 1 is 1.27 bits per heavy atom. The second kappa shape index (κ2) is 4.72. The van der Waals surface area contributed by atoms with Gasteiger partial charge in [-0.1, -0.05) is 13.8 Å². The van der Waals surface area contributed by atoms with Gasteiger partial charge in [0.2, 0.25) is 0 Å². The molecule has 0 aromatic rings. The molecule has 0 aliphatic rings. The number of hydrogen-bond donors (Lipinski definition) is 1. The van der Waals surface area contributed by atoms with Gasteiger partial charge >= 0.3 is 0 Å². The Balaban J connectivity index is 3.74. The lowest BCUT2D eigenvalue weighted by Crippen LogP contribution is -2.15. The Bertz CT molecular complexity index is 182. The summed E-state index contributed by atoms with van der Waals surface area (Å²) in [6.07, 6.45) is 0.683. The van der Waals surface area contributed by atoms with Crippen molar-refractivity contribution >= 4 is 9.84 Å². The maximum atomic E-state index is 11.0. The lowest BCUT2D eigenvalue weighted by atomic mass is 10.2. The van der Waals surface area contributed by atoms with Gasteiger partial charge in [0, 0.05) is 0 Å². The highest BCUT2D eigenvalue weighted by atomic mass is 32.2. The van der Waals surface area contributed by atoms with E-state index in [9.17, 15) is 8.42 Å². The fourth-order valence-electron chi connectivity index (χ4n) is 0.656. The van der Waals surface area contributed by atoms with Crippen LogP contribution in [0.5, 0.6) is 0 Å². The average Bonchev–Trinajstić information content (AvgIpc) is 1.84. The Kier molecular flexibility index (Phi) is 4.68. The number of hydrogen-bond acceptors (Lipinski definition) is 3. The quantitative estimate of drug-likeness (QED) is 0.668. The molecule has 0 bridgehead atoms. The highest BCUT2D eigenvalue weighted by molar-refractivity contribution is 7.91. The van der Waals surface area contributed by atoms with Gasteiger partial charge in [-0.05, 0) is 12.3 Å². The van der Waals surface area contributed by atoms with Gasteiger partial charge in [0.25, 0.3) is 0 Å². The third-order valence-electron chi connectivity index (χ3n) is 1.41. The molecule has 0 aromatic heterocycles. The lowest BCUT2D eigenvalue weighted by molar-refractivity contribution is 0.319. The highest BCUT2D eigenvalue weighted by Gasteiger charge is 2.09. The molecule has 0 saturated heterocycles. The van der Waals surface area contributed by atoms with E-state index in [1.165, 1.54) is 0 Å². The molecule has 0 spiro atoms. The molecule has 0 fully saturated rings. The van der Waals surface area contributed by atoms with E-state index in [1.807, 2.05) is 13.8 Å². The van der Waals surface area contributed by atoms with E-state index < -0.39 is 9.84 Å². The zero-order valence-electron chi connectivity index (χ0n) is 7.08. The molecule has 0 amide bonds. The summed E-state index contributed by atoms with van der Waals surface area (Å²) in [5.74, 6) is 0.508. The van der Waals surface area contributed by atoms with Crippen LogP contribution in [0, 0.1) is 5.92 Å². The van der Waals surface area contributed by atoms with Crippen molar-refractivity contribution in [2.45, 2.75) is 20.3 Å². The summed E-state index contributed by atoms with van der Waals surface area (Å²) in [5.41, 5.74) is 0. The molecule has 0 aliphatic heterocycles. The van der Waals surface area contributed by atoms with Crippen molar-refractivity contribution in [3.05, 3.63) is 0 Å². The Morgan fingerprint density at radius 2 is 1.82 bits per heavy atom. The van der Waals surface area contributed by atoms with Crippen LogP contribution in [0.4, 0.5) is 0 Å². The minimum Gasteiger partial charge on any atom is -0.395 e. The summed E-state index contributed by atoms with van der Waals surface area (Å²) in [6, 6.07) is 0. The third-order valence-corrected chi connectivity index (χ3v) is 3.07. The molecule has 1 N–H and O–H groups in total. The fraction of sp³-hybridized carbons (Fsp3) is 1.00. The number of aliphatic hydroxyl groups is 1. The summed E-state index contributed by atoms with van der Waals surface area (Å²) in [7, 11) is -2.98. The molecule has 0 aromatic carbocycles. The average molecular weight is 180 g/mol.